The van der Waals surface area contributed by atoms with Gasteiger partial charge in [0.25, 0.3) is 0 Å². The lowest BCUT2D eigenvalue weighted by Crippen LogP contribution is -2.62. The third-order valence-corrected chi connectivity index (χ3v) is 19.4. The summed E-state index contributed by atoms with van der Waals surface area (Å²) in [6.07, 6.45) is 4.03. The van der Waals surface area contributed by atoms with E-state index in [1.54, 1.807) is 47.8 Å². The zero-order chi connectivity index (χ0) is 87.0. The molecule has 1 rings (SSSR count). The fourth-order valence-electron chi connectivity index (χ4n) is 11.4. The first-order valence-electron chi connectivity index (χ1n) is 38.7. The third-order valence-electron chi connectivity index (χ3n) is 18.1. The van der Waals surface area contributed by atoms with E-state index in [2.05, 4.69) is 95.0 Å². The Morgan fingerprint density at radius 3 is 1.22 bits per heavy atom. The lowest BCUT2D eigenvalue weighted by atomic mass is 9.96. The van der Waals surface area contributed by atoms with Gasteiger partial charge in [0.1, 0.15) is 97.4 Å². The van der Waals surface area contributed by atoms with Gasteiger partial charge < -0.3 is 131 Å². The van der Waals surface area contributed by atoms with E-state index in [0.29, 0.717) is 30.0 Å². The molecular weight excluding hydrogens is 1540 g/mol. The predicted octanol–water partition coefficient (Wildman–Crippen LogP) is -8.87. The van der Waals surface area contributed by atoms with Crippen molar-refractivity contribution in [2.24, 2.45) is 69.4 Å². The summed E-state index contributed by atoms with van der Waals surface area (Å²) in [6, 6.07) is -18.0. The van der Waals surface area contributed by atoms with Crippen LogP contribution in [-0.2, 0) is 78.3 Å². The molecule has 0 unspecified atom stereocenters. The summed E-state index contributed by atoms with van der Waals surface area (Å²) in [7, 11) is 0. The Bertz CT molecular complexity index is 3200. The molecule has 115 heavy (non-hydrogen) atoms. The van der Waals surface area contributed by atoms with Crippen molar-refractivity contribution in [2.75, 3.05) is 56.8 Å². The number of hydrogen-bond acceptors (Lipinski definition) is 29. The number of carbonyl (C=O) groups excluding carboxylic acids is 15. The number of unbranched alkanes of at least 4 members (excludes halogenated alkanes) is 1. The van der Waals surface area contributed by atoms with E-state index in [0.717, 1.165) is 6.92 Å². The van der Waals surface area contributed by atoms with E-state index < -0.39 is 217 Å². The minimum atomic E-state index is -1.62. The van der Waals surface area contributed by atoms with Crippen LogP contribution in [0, 0.1) is 17.8 Å². The maximum absolute atomic E-state index is 14.8. The SMILES string of the molecule is CC[C@H](C)[C@H](NC(=O)[C@H](Cc1cnc[nH]1)NC(=O)[C@H](C)NC(=O)[C@H](CCC(N)=O)NC(=O)[C@@H](NC(=O)[C@H](CCCNC(N)N)NC(=O)[C@H](CCSC)NC(=O)[C@H](CC(C)C)NC(=O)[C@H](CO)NC(C)=O)C(C)C)C(=O)N[C@@H](CCCNC(N)N)C(=O)N[C@@H](CCCCN)C(=O)N[C@@H](CCCNC(N)N)C(=O)N[C@@H](CCSC)C(N)=O. The molecule has 1 heterocycles. The Hall–Kier alpha value is -8.48. The second-order valence-corrected chi connectivity index (χ2v) is 30.8. The number of primary amides is 2. The van der Waals surface area contributed by atoms with Gasteiger partial charge in [-0.1, -0.05) is 48.0 Å². The lowest BCUT2D eigenvalue weighted by Gasteiger charge is -2.30. The Kier molecular flexibility index (Phi) is 52.3. The van der Waals surface area contributed by atoms with Gasteiger partial charge in [-0.25, -0.2) is 4.98 Å². The summed E-state index contributed by atoms with van der Waals surface area (Å²) in [6.45, 7) is 12.4. The summed E-state index contributed by atoms with van der Waals surface area (Å²) in [4.78, 5) is 215. The molecule has 0 aliphatic carbocycles. The molecule has 15 amide bonds. The number of thioether (sulfide) groups is 2. The predicted molar refractivity (Wildman–Crippen MR) is 434 cm³/mol. The fourth-order valence-corrected chi connectivity index (χ4v) is 12.4. The van der Waals surface area contributed by atoms with E-state index in [-0.39, 0.29) is 109 Å². The van der Waals surface area contributed by atoms with Crippen LogP contribution in [0.2, 0.25) is 0 Å². The second kappa shape index (κ2) is 57.6. The number of aromatic nitrogens is 2. The maximum Gasteiger partial charge on any atom is 0.245 e. The van der Waals surface area contributed by atoms with E-state index in [1.807, 2.05) is 6.26 Å². The van der Waals surface area contributed by atoms with Crippen molar-refractivity contribution in [3.8, 4) is 0 Å². The largest absolute Gasteiger partial charge is 0.394 e. The molecule has 0 saturated heterocycles. The highest BCUT2D eigenvalue weighted by atomic mass is 32.2. The topological polar surface area (TPSA) is 732 Å². The van der Waals surface area contributed by atoms with E-state index in [4.69, 9.17) is 51.6 Å². The number of H-pyrrole nitrogens is 1. The van der Waals surface area contributed by atoms with Crippen LogP contribution in [0.25, 0.3) is 0 Å². The van der Waals surface area contributed by atoms with Crippen molar-refractivity contribution >= 4 is 112 Å². The van der Waals surface area contributed by atoms with Crippen molar-refractivity contribution in [2.45, 2.75) is 256 Å². The molecule has 1 aromatic rings. The van der Waals surface area contributed by atoms with E-state index in [9.17, 15) is 77.0 Å². The number of nitrogens with two attached hydrogens (primary N) is 9. The molecule has 0 aliphatic heterocycles. The number of nitrogens with zero attached hydrogens (tertiary/aromatic N) is 1. The van der Waals surface area contributed by atoms with Gasteiger partial charge in [-0.05, 0) is 158 Å². The second-order valence-electron chi connectivity index (χ2n) is 28.9. The van der Waals surface area contributed by atoms with Gasteiger partial charge in [0.05, 0.1) is 12.9 Å². The summed E-state index contributed by atoms with van der Waals surface area (Å²) in [5.74, 6) is -13.5. The first kappa shape index (κ1) is 105. The number of nitrogens with one attached hydrogen (secondary N) is 17. The third kappa shape index (κ3) is 43.3. The first-order valence-corrected chi connectivity index (χ1v) is 41.5. The zero-order valence-electron chi connectivity index (χ0n) is 67.9. The van der Waals surface area contributed by atoms with Crippen molar-refractivity contribution in [1.82, 2.24) is 95.0 Å². The van der Waals surface area contributed by atoms with E-state index >= 15 is 0 Å². The van der Waals surface area contributed by atoms with Crippen molar-refractivity contribution in [3.63, 3.8) is 0 Å². The Labute approximate surface area is 681 Å². The Morgan fingerprint density at radius 2 is 0.817 bits per heavy atom. The molecule has 43 nitrogen and oxygen atoms in total. The highest BCUT2D eigenvalue weighted by Gasteiger charge is 2.39. The summed E-state index contributed by atoms with van der Waals surface area (Å²) >= 11 is 2.77. The normalized spacial score (nSPS) is 15.1. The number of aliphatic hydroxyl groups excluding tert-OH is 1. The molecule has 0 radical (unpaired) electrons. The molecule has 0 saturated carbocycles. The molecule has 14 atom stereocenters. The minimum Gasteiger partial charge on any atom is -0.394 e. The minimum absolute atomic E-state index is 0.0108. The molecule has 0 aromatic carbocycles. The number of hydrogen-bond donors (Lipinski definition) is 27. The first-order chi connectivity index (χ1) is 54.2. The van der Waals surface area contributed by atoms with Crippen LogP contribution in [0.5, 0.6) is 0 Å². The quantitative estimate of drug-likeness (QED) is 0.0213. The fraction of sp³-hybridized carbons (Fsp3) is 0.743. The Morgan fingerprint density at radius 1 is 0.443 bits per heavy atom. The van der Waals surface area contributed by atoms with Gasteiger partial charge in [0, 0.05) is 31.7 Å². The average Bonchev–Trinajstić information content (AvgIpc) is 1.63. The number of imidazole rings is 1. The average molecular weight is 1670 g/mol. The zero-order valence-corrected chi connectivity index (χ0v) is 69.6. The van der Waals surface area contributed by atoms with Crippen LogP contribution in [0.3, 0.4) is 0 Å². The van der Waals surface area contributed by atoms with Gasteiger partial charge in [-0.15, -0.1) is 0 Å². The summed E-state index contributed by atoms with van der Waals surface area (Å²) in [5, 5.41) is 52.4. The maximum atomic E-state index is 14.8. The highest BCUT2D eigenvalue weighted by Crippen LogP contribution is 2.16. The molecule has 1 aromatic heterocycles. The molecule has 45 heteroatoms. The Balaban J connectivity index is 3.74. The number of carbonyl (C=O) groups is 15. The van der Waals surface area contributed by atoms with Crippen LogP contribution in [0.15, 0.2) is 12.5 Å². The van der Waals surface area contributed by atoms with Crippen LogP contribution >= 0.6 is 23.5 Å². The molecule has 0 aliphatic rings. The summed E-state index contributed by atoms with van der Waals surface area (Å²) < 4.78 is 0. The van der Waals surface area contributed by atoms with E-state index in [1.165, 1.54) is 43.0 Å². The molecule has 0 fully saturated rings. The number of rotatable bonds is 62. The van der Waals surface area contributed by atoms with Crippen LogP contribution < -0.4 is 137 Å². The number of amides is 15. The standard InChI is InChI=1S/C70H133N27O16S2/c1-11-38(6)54(67(113)92-45(19-15-27-82-69(76)77)60(106)88-43(17-12-13-25-71)59(105)89-44(18-14-26-81-68(74)75)58(104)87-42(55(73)101)23-29-114-9)97-64(110)50(32-41-33-80-35-84-41)94-56(102)39(7)85-57(103)47(21-22-52(72)100)93-66(112)53(37(4)5)96-62(108)46(20-16-28-83-70(78)79)90-61(107)48(24-30-115-10)91-63(109)49(31-36(2)3)95-65(111)51(34-98)86-40(8)99/h33,35-39,42-51,53-54,68-70,81-83,98H,11-32,34,71,74-79H2,1-10H3,(H2,72,100)(H2,73,101)(H,80,84)(H,85,103)(H,86,99)(H,87,104)(H,88,106)(H,89,105)(H,90,107)(H,91,109)(H,92,113)(H,93,112)(H,94,102)(H,95,111)(H,96,108)(H,97,110)/t38-,39-,42-,43-,44-,45-,46-,47-,48-,49-,50-,51-,53-,54-/m0/s1. The molecule has 0 bridgehead atoms. The molecule has 656 valence electrons. The number of aromatic amines is 1. The molecular formula is C70H133N27O16S2. The highest BCUT2D eigenvalue weighted by molar-refractivity contribution is 7.98. The van der Waals surface area contributed by atoms with Gasteiger partial charge >= 0.3 is 0 Å². The van der Waals surface area contributed by atoms with Gasteiger partial charge in [0.15, 0.2) is 0 Å². The smallest absolute Gasteiger partial charge is 0.245 e. The number of aliphatic hydroxyl groups is 1. The monoisotopic (exact) mass is 1670 g/mol. The lowest BCUT2D eigenvalue weighted by molar-refractivity contribution is -0.137. The molecule has 0 spiro atoms. The van der Waals surface area contributed by atoms with Crippen molar-refractivity contribution in [3.05, 3.63) is 18.2 Å². The van der Waals surface area contributed by atoms with Gasteiger partial charge in [0.2, 0.25) is 88.6 Å². The van der Waals surface area contributed by atoms with Gasteiger partial charge in [-0.2, -0.15) is 23.5 Å². The van der Waals surface area contributed by atoms with Crippen molar-refractivity contribution < 1.29 is 77.0 Å². The molecule has 36 N–H and O–H groups in total. The van der Waals surface area contributed by atoms with Crippen molar-refractivity contribution in [1.29, 1.82) is 0 Å². The van der Waals surface area contributed by atoms with Crippen LogP contribution in [0.4, 0.5) is 0 Å². The van der Waals surface area contributed by atoms with Crippen LogP contribution in [-0.4, -0.2) is 258 Å². The summed E-state index contributed by atoms with van der Waals surface area (Å²) in [5.41, 5.74) is 51.6. The van der Waals surface area contributed by atoms with Crippen LogP contribution in [0.1, 0.15) is 157 Å². The van der Waals surface area contributed by atoms with Gasteiger partial charge in [-0.3, -0.25) is 87.9 Å².